The zero-order valence-corrected chi connectivity index (χ0v) is 5.57. The van der Waals surface area contributed by atoms with Gasteiger partial charge < -0.3 is 5.21 Å². The van der Waals surface area contributed by atoms with Gasteiger partial charge in [-0.05, 0) is 6.07 Å². The molecule has 0 N–H and O–H groups in total. The number of aldehydes is 1. The average molecular weight is 137 g/mol. The molecule has 0 radical (unpaired) electrons. The van der Waals surface area contributed by atoms with E-state index in [1.807, 2.05) is 0 Å². The van der Waals surface area contributed by atoms with Crippen LogP contribution in [0.2, 0.25) is 0 Å². The average Bonchev–Trinajstić information content (AvgIpc) is 1.95. The minimum Gasteiger partial charge on any atom is -0.618 e. The molecule has 10 heavy (non-hydrogen) atoms. The van der Waals surface area contributed by atoms with Gasteiger partial charge in [0, 0.05) is 13.0 Å². The summed E-state index contributed by atoms with van der Waals surface area (Å²) in [5.74, 6) is 0. The number of hydrogen-bond acceptors (Lipinski definition) is 2. The molecule has 0 amide bonds. The van der Waals surface area contributed by atoms with Crippen molar-refractivity contribution in [3.8, 4) is 0 Å². The summed E-state index contributed by atoms with van der Waals surface area (Å²) in [6, 6.07) is 3.15. The molecule has 1 aromatic heterocycles. The fraction of sp³-hybridized carbons (Fsp3) is 0.143. The van der Waals surface area contributed by atoms with Crippen LogP contribution in [0.3, 0.4) is 0 Å². The van der Waals surface area contributed by atoms with Gasteiger partial charge in [-0.25, -0.2) is 0 Å². The molecule has 0 spiro atoms. The third-order valence-corrected chi connectivity index (χ3v) is 1.37. The topological polar surface area (TPSA) is 44.0 Å². The SMILES string of the molecule is Cc1c(C=O)ccc[n+]1[O-]. The van der Waals surface area contributed by atoms with Crippen molar-refractivity contribution >= 4 is 6.29 Å². The summed E-state index contributed by atoms with van der Waals surface area (Å²) in [5.41, 5.74) is 0.884. The third kappa shape index (κ3) is 0.978. The third-order valence-electron chi connectivity index (χ3n) is 1.37. The number of carbonyl (C=O) groups excluding carboxylic acids is 1. The van der Waals surface area contributed by atoms with Crippen molar-refractivity contribution in [2.24, 2.45) is 0 Å². The maximum atomic E-state index is 10.8. The largest absolute Gasteiger partial charge is 0.618 e. The first-order valence-electron chi connectivity index (χ1n) is 2.89. The van der Waals surface area contributed by atoms with Gasteiger partial charge in [-0.3, -0.25) is 4.79 Å². The van der Waals surface area contributed by atoms with E-state index < -0.39 is 0 Å². The summed E-state index contributed by atoms with van der Waals surface area (Å²) < 4.78 is 0.670. The van der Waals surface area contributed by atoms with Crippen LogP contribution in [0.1, 0.15) is 16.1 Å². The van der Waals surface area contributed by atoms with E-state index in [4.69, 9.17) is 0 Å². The van der Waals surface area contributed by atoms with Crippen LogP contribution in [0.15, 0.2) is 18.3 Å². The summed E-state index contributed by atoms with van der Waals surface area (Å²) >= 11 is 0. The van der Waals surface area contributed by atoms with Crippen LogP contribution in [-0.2, 0) is 0 Å². The van der Waals surface area contributed by atoms with Crippen LogP contribution < -0.4 is 4.73 Å². The minimum absolute atomic E-state index is 0.442. The Morgan fingerprint density at radius 1 is 1.70 bits per heavy atom. The van der Waals surface area contributed by atoms with Crippen LogP contribution in [0.4, 0.5) is 0 Å². The highest BCUT2D eigenvalue weighted by Gasteiger charge is 2.02. The Bertz CT molecular complexity index is 258. The molecular formula is C7H7NO2. The van der Waals surface area contributed by atoms with E-state index in [2.05, 4.69) is 0 Å². The Balaban J connectivity index is 3.27. The molecule has 0 bridgehead atoms. The maximum absolute atomic E-state index is 10.8. The number of carbonyl (C=O) groups is 1. The Hall–Kier alpha value is -1.38. The molecule has 0 saturated heterocycles. The van der Waals surface area contributed by atoms with Crippen molar-refractivity contribution in [1.29, 1.82) is 0 Å². The van der Waals surface area contributed by atoms with Gasteiger partial charge in [-0.2, -0.15) is 4.73 Å². The monoisotopic (exact) mass is 137 g/mol. The highest BCUT2D eigenvalue weighted by Crippen LogP contribution is 1.96. The smallest absolute Gasteiger partial charge is 0.200 e. The molecule has 0 aliphatic carbocycles. The first kappa shape index (κ1) is 6.74. The van der Waals surface area contributed by atoms with Gasteiger partial charge in [0.15, 0.2) is 18.2 Å². The maximum Gasteiger partial charge on any atom is 0.200 e. The molecule has 0 unspecified atom stereocenters. The summed E-state index contributed by atoms with van der Waals surface area (Å²) in [5, 5.41) is 10.8. The van der Waals surface area contributed by atoms with Crippen LogP contribution >= 0.6 is 0 Å². The van der Waals surface area contributed by atoms with E-state index in [1.165, 1.54) is 6.20 Å². The number of aromatic nitrogens is 1. The fourth-order valence-corrected chi connectivity index (χ4v) is 0.709. The molecule has 0 atom stereocenters. The van der Waals surface area contributed by atoms with E-state index in [9.17, 15) is 10.0 Å². The Kier molecular flexibility index (Phi) is 1.67. The van der Waals surface area contributed by atoms with Gasteiger partial charge >= 0.3 is 0 Å². The lowest BCUT2D eigenvalue weighted by Crippen LogP contribution is -2.30. The molecule has 3 nitrogen and oxygen atoms in total. The second kappa shape index (κ2) is 2.47. The Morgan fingerprint density at radius 3 is 2.90 bits per heavy atom. The molecule has 1 aromatic rings. The van der Waals surface area contributed by atoms with E-state index in [1.54, 1.807) is 19.1 Å². The molecule has 0 saturated carbocycles. The van der Waals surface area contributed by atoms with Gasteiger partial charge in [-0.15, -0.1) is 0 Å². The van der Waals surface area contributed by atoms with E-state index in [0.717, 1.165) is 0 Å². The van der Waals surface area contributed by atoms with Gasteiger partial charge in [0.25, 0.3) is 0 Å². The lowest BCUT2D eigenvalue weighted by atomic mass is 10.2. The van der Waals surface area contributed by atoms with Crippen molar-refractivity contribution in [3.63, 3.8) is 0 Å². The molecule has 0 aliphatic rings. The van der Waals surface area contributed by atoms with E-state index in [-0.39, 0.29) is 0 Å². The lowest BCUT2D eigenvalue weighted by molar-refractivity contribution is -0.612. The predicted molar refractivity (Wildman–Crippen MR) is 35.5 cm³/mol. The molecule has 1 rings (SSSR count). The molecular weight excluding hydrogens is 130 g/mol. The van der Waals surface area contributed by atoms with Gasteiger partial charge in [0.05, 0.1) is 5.56 Å². The number of hydrogen-bond donors (Lipinski definition) is 0. The first-order valence-corrected chi connectivity index (χ1v) is 2.89. The number of pyridine rings is 1. The quantitative estimate of drug-likeness (QED) is 0.320. The summed E-state index contributed by atoms with van der Waals surface area (Å²) in [4.78, 5) is 10.2. The first-order chi connectivity index (χ1) is 4.75. The number of rotatable bonds is 1. The van der Waals surface area contributed by atoms with Crippen molar-refractivity contribution in [3.05, 3.63) is 34.8 Å². The zero-order chi connectivity index (χ0) is 7.56. The number of nitrogens with zero attached hydrogens (tertiary/aromatic N) is 1. The Morgan fingerprint density at radius 2 is 2.40 bits per heavy atom. The van der Waals surface area contributed by atoms with Crippen LogP contribution in [-0.4, -0.2) is 6.29 Å². The van der Waals surface area contributed by atoms with Crippen molar-refractivity contribution in [2.75, 3.05) is 0 Å². The normalized spacial score (nSPS) is 9.30. The molecule has 0 aliphatic heterocycles. The lowest BCUT2D eigenvalue weighted by Gasteiger charge is -1.99. The van der Waals surface area contributed by atoms with Crippen LogP contribution in [0.5, 0.6) is 0 Å². The zero-order valence-electron chi connectivity index (χ0n) is 5.57. The van der Waals surface area contributed by atoms with Crippen molar-refractivity contribution in [2.45, 2.75) is 6.92 Å². The van der Waals surface area contributed by atoms with Crippen molar-refractivity contribution in [1.82, 2.24) is 0 Å². The van der Waals surface area contributed by atoms with E-state index >= 15 is 0 Å². The standard InChI is InChI=1S/C7H7NO2/c1-6-7(5-9)3-2-4-8(6)10/h2-5H,1H3. The fourth-order valence-electron chi connectivity index (χ4n) is 0.709. The summed E-state index contributed by atoms with van der Waals surface area (Å²) in [6.07, 6.45) is 2.03. The predicted octanol–water partition coefficient (Wildman–Crippen LogP) is 0.441. The molecule has 52 valence electrons. The van der Waals surface area contributed by atoms with Crippen LogP contribution in [0, 0.1) is 12.1 Å². The second-order valence-corrected chi connectivity index (χ2v) is 1.99. The second-order valence-electron chi connectivity index (χ2n) is 1.99. The molecule has 3 heteroatoms. The molecule has 0 aromatic carbocycles. The molecule has 0 fully saturated rings. The highest BCUT2D eigenvalue weighted by atomic mass is 16.5. The van der Waals surface area contributed by atoms with Crippen molar-refractivity contribution < 1.29 is 9.52 Å². The van der Waals surface area contributed by atoms with Gasteiger partial charge in [-0.1, -0.05) is 0 Å². The Labute approximate surface area is 58.5 Å². The van der Waals surface area contributed by atoms with Gasteiger partial charge in [0.2, 0.25) is 0 Å². The van der Waals surface area contributed by atoms with E-state index in [0.29, 0.717) is 22.3 Å². The highest BCUT2D eigenvalue weighted by molar-refractivity contribution is 5.75. The minimum atomic E-state index is 0.442. The summed E-state index contributed by atoms with van der Waals surface area (Å²) in [6.45, 7) is 1.61. The van der Waals surface area contributed by atoms with Gasteiger partial charge in [0.1, 0.15) is 0 Å². The summed E-state index contributed by atoms with van der Waals surface area (Å²) in [7, 11) is 0. The van der Waals surface area contributed by atoms with Crippen LogP contribution in [0.25, 0.3) is 0 Å². The molecule has 1 heterocycles.